The van der Waals surface area contributed by atoms with Crippen molar-refractivity contribution in [1.29, 1.82) is 0 Å². The first-order valence-corrected chi connectivity index (χ1v) is 11.9. The Balaban J connectivity index is 2.42. The van der Waals surface area contributed by atoms with Crippen LogP contribution >= 0.6 is 11.6 Å². The third-order valence-corrected chi connectivity index (χ3v) is 6.20. The van der Waals surface area contributed by atoms with Gasteiger partial charge >= 0.3 is 0 Å². The predicted molar refractivity (Wildman–Crippen MR) is 119 cm³/mol. The molecule has 0 radical (unpaired) electrons. The Hall–Kier alpha value is -2.72. The first-order chi connectivity index (χ1) is 15.0. The molecule has 2 aromatic carbocycles. The van der Waals surface area contributed by atoms with Gasteiger partial charge in [0, 0.05) is 24.2 Å². The van der Waals surface area contributed by atoms with Crippen LogP contribution < -0.4 is 9.62 Å². The average molecular weight is 488 g/mol. The maximum Gasteiger partial charge on any atom is 0.244 e. The highest BCUT2D eigenvalue weighted by molar-refractivity contribution is 7.92. The fraction of sp³-hybridized carbons (Fsp3) is 0.333. The molecule has 0 heterocycles. The van der Waals surface area contributed by atoms with E-state index in [-0.39, 0.29) is 12.2 Å². The summed E-state index contributed by atoms with van der Waals surface area (Å²) in [5.41, 5.74) is 0.334. The molecule has 11 heteroatoms. The second-order valence-electron chi connectivity index (χ2n) is 7.05. The van der Waals surface area contributed by atoms with Gasteiger partial charge in [0.05, 0.1) is 11.9 Å². The zero-order valence-corrected chi connectivity index (χ0v) is 19.4. The van der Waals surface area contributed by atoms with Gasteiger partial charge in [0.15, 0.2) is 11.6 Å². The van der Waals surface area contributed by atoms with E-state index < -0.39 is 46.1 Å². The summed E-state index contributed by atoms with van der Waals surface area (Å²) in [4.78, 5) is 26.8. The second kappa shape index (κ2) is 10.7. The summed E-state index contributed by atoms with van der Waals surface area (Å²) in [5, 5.41) is 2.99. The number of hydrogen-bond acceptors (Lipinski definition) is 4. The van der Waals surface area contributed by atoms with Crippen LogP contribution in [0.2, 0.25) is 5.02 Å². The van der Waals surface area contributed by atoms with Crippen LogP contribution in [0.1, 0.15) is 19.4 Å². The normalized spacial score (nSPS) is 12.2. The van der Waals surface area contributed by atoms with Crippen molar-refractivity contribution in [3.8, 4) is 0 Å². The number of benzene rings is 2. The second-order valence-corrected chi connectivity index (χ2v) is 9.37. The summed E-state index contributed by atoms with van der Waals surface area (Å²) >= 11 is 6.20. The molecule has 32 heavy (non-hydrogen) atoms. The first kappa shape index (κ1) is 25.5. The van der Waals surface area contributed by atoms with Crippen LogP contribution in [0.4, 0.5) is 14.5 Å². The summed E-state index contributed by atoms with van der Waals surface area (Å²) < 4.78 is 52.4. The third kappa shape index (κ3) is 6.39. The molecule has 1 atom stereocenters. The molecule has 0 bridgehead atoms. The van der Waals surface area contributed by atoms with Crippen molar-refractivity contribution in [3.63, 3.8) is 0 Å². The van der Waals surface area contributed by atoms with Gasteiger partial charge in [0.25, 0.3) is 0 Å². The lowest BCUT2D eigenvalue weighted by Gasteiger charge is -2.31. The fourth-order valence-electron chi connectivity index (χ4n) is 2.97. The van der Waals surface area contributed by atoms with E-state index in [1.54, 1.807) is 31.2 Å². The minimum atomic E-state index is -4.04. The SMILES string of the molecule is CCNC(=O)[C@@H](C)N(Cc1ccccc1Cl)C(=O)CN(c1ccc(F)c(F)c1)S(C)(=O)=O. The van der Waals surface area contributed by atoms with Crippen LogP contribution in [0.25, 0.3) is 0 Å². The zero-order valence-electron chi connectivity index (χ0n) is 17.8. The van der Waals surface area contributed by atoms with Gasteiger partial charge in [-0.15, -0.1) is 0 Å². The smallest absolute Gasteiger partial charge is 0.244 e. The van der Waals surface area contributed by atoms with Gasteiger partial charge in [-0.05, 0) is 37.6 Å². The van der Waals surface area contributed by atoms with Gasteiger partial charge in [-0.25, -0.2) is 17.2 Å². The Morgan fingerprint density at radius 1 is 1.12 bits per heavy atom. The van der Waals surface area contributed by atoms with Crippen LogP contribution in [0.15, 0.2) is 42.5 Å². The van der Waals surface area contributed by atoms with E-state index in [0.29, 0.717) is 27.5 Å². The summed E-state index contributed by atoms with van der Waals surface area (Å²) in [5.74, 6) is -3.57. The van der Waals surface area contributed by atoms with E-state index in [2.05, 4.69) is 5.32 Å². The van der Waals surface area contributed by atoms with Crippen molar-refractivity contribution in [2.75, 3.05) is 23.7 Å². The van der Waals surface area contributed by atoms with Gasteiger partial charge in [0.2, 0.25) is 21.8 Å². The molecule has 0 unspecified atom stereocenters. The largest absolute Gasteiger partial charge is 0.355 e. The molecule has 2 rings (SSSR count). The number of amides is 2. The summed E-state index contributed by atoms with van der Waals surface area (Å²) in [6.07, 6.45) is 0.840. The highest BCUT2D eigenvalue weighted by atomic mass is 35.5. The number of nitrogens with one attached hydrogen (secondary N) is 1. The Bertz CT molecular complexity index is 1100. The first-order valence-electron chi connectivity index (χ1n) is 9.69. The summed E-state index contributed by atoms with van der Waals surface area (Å²) in [7, 11) is -4.04. The Kier molecular flexibility index (Phi) is 8.57. The number of sulfonamides is 1. The summed E-state index contributed by atoms with van der Waals surface area (Å²) in [6.45, 7) is 2.77. The minimum Gasteiger partial charge on any atom is -0.355 e. The van der Waals surface area contributed by atoms with Crippen LogP contribution in [0.5, 0.6) is 0 Å². The number of likely N-dealkylation sites (N-methyl/N-ethyl adjacent to an activating group) is 1. The Morgan fingerprint density at radius 3 is 2.34 bits per heavy atom. The van der Waals surface area contributed by atoms with Gasteiger partial charge < -0.3 is 10.2 Å². The van der Waals surface area contributed by atoms with Gasteiger partial charge in [-0.1, -0.05) is 29.8 Å². The van der Waals surface area contributed by atoms with E-state index in [1.165, 1.54) is 11.8 Å². The lowest BCUT2D eigenvalue weighted by atomic mass is 10.1. The molecule has 0 aliphatic heterocycles. The number of nitrogens with zero attached hydrogens (tertiary/aromatic N) is 2. The highest BCUT2D eigenvalue weighted by Crippen LogP contribution is 2.23. The van der Waals surface area contributed by atoms with Gasteiger partial charge in [0.1, 0.15) is 12.6 Å². The average Bonchev–Trinajstić information content (AvgIpc) is 2.72. The molecular weight excluding hydrogens is 464 g/mol. The van der Waals surface area contributed by atoms with Gasteiger partial charge in [-0.3, -0.25) is 13.9 Å². The van der Waals surface area contributed by atoms with Crippen molar-refractivity contribution in [3.05, 3.63) is 64.7 Å². The van der Waals surface area contributed by atoms with Gasteiger partial charge in [-0.2, -0.15) is 0 Å². The number of halogens is 3. The zero-order chi connectivity index (χ0) is 24.1. The fourth-order valence-corrected chi connectivity index (χ4v) is 4.01. The van der Waals surface area contributed by atoms with E-state index >= 15 is 0 Å². The Labute approximate surface area is 191 Å². The van der Waals surface area contributed by atoms with E-state index in [9.17, 15) is 26.8 Å². The molecular formula is C21H24ClF2N3O4S. The molecule has 1 N–H and O–H groups in total. The predicted octanol–water partition coefficient (Wildman–Crippen LogP) is 2.94. The monoisotopic (exact) mass is 487 g/mol. The highest BCUT2D eigenvalue weighted by Gasteiger charge is 2.30. The number of hydrogen-bond donors (Lipinski definition) is 1. The van der Waals surface area contributed by atoms with Crippen LogP contribution in [0, 0.1) is 11.6 Å². The van der Waals surface area contributed by atoms with Crippen molar-refractivity contribution >= 4 is 39.1 Å². The van der Waals surface area contributed by atoms with E-state index in [1.807, 2.05) is 0 Å². The standard InChI is InChI=1S/C21H24ClF2N3O4S/c1-4-25-21(29)14(2)26(12-15-7-5-6-8-17(15)22)20(28)13-27(32(3,30)31)16-9-10-18(23)19(24)11-16/h5-11,14H,4,12-13H2,1-3H3,(H,25,29)/t14-/m1/s1. The maximum atomic E-state index is 13.7. The van der Waals surface area contributed by atoms with Crippen molar-refractivity contribution in [1.82, 2.24) is 10.2 Å². The summed E-state index contributed by atoms with van der Waals surface area (Å²) in [6, 6.07) is 8.28. The minimum absolute atomic E-state index is 0.0633. The molecule has 2 amide bonds. The number of rotatable bonds is 9. The quantitative estimate of drug-likeness (QED) is 0.589. The topological polar surface area (TPSA) is 86.8 Å². The Morgan fingerprint density at radius 2 is 1.78 bits per heavy atom. The molecule has 0 saturated carbocycles. The van der Waals surface area contributed by atoms with Crippen LogP contribution in [-0.4, -0.2) is 50.5 Å². The van der Waals surface area contributed by atoms with Crippen LogP contribution in [0.3, 0.4) is 0 Å². The van der Waals surface area contributed by atoms with Crippen LogP contribution in [-0.2, 0) is 26.2 Å². The van der Waals surface area contributed by atoms with Crippen molar-refractivity contribution in [2.45, 2.75) is 26.4 Å². The molecule has 2 aromatic rings. The molecule has 0 fully saturated rings. The number of carbonyl (C=O) groups is 2. The molecule has 7 nitrogen and oxygen atoms in total. The molecule has 174 valence electrons. The number of anilines is 1. The molecule has 0 aliphatic rings. The number of carbonyl (C=O) groups excluding carboxylic acids is 2. The lowest BCUT2D eigenvalue weighted by Crippen LogP contribution is -2.51. The molecule has 0 saturated heterocycles. The van der Waals surface area contributed by atoms with E-state index in [0.717, 1.165) is 18.4 Å². The molecule has 0 aliphatic carbocycles. The lowest BCUT2D eigenvalue weighted by molar-refractivity contribution is -0.139. The third-order valence-electron chi connectivity index (χ3n) is 4.69. The molecule has 0 spiro atoms. The van der Waals surface area contributed by atoms with E-state index in [4.69, 9.17) is 11.6 Å². The maximum absolute atomic E-state index is 13.7. The molecule has 0 aromatic heterocycles. The van der Waals surface area contributed by atoms with Crippen molar-refractivity contribution < 1.29 is 26.8 Å². The van der Waals surface area contributed by atoms with Crippen molar-refractivity contribution in [2.24, 2.45) is 0 Å².